The summed E-state index contributed by atoms with van der Waals surface area (Å²) in [7, 11) is 0. The Morgan fingerprint density at radius 1 is 1.30 bits per heavy atom. The van der Waals surface area contributed by atoms with Crippen LogP contribution in [0.2, 0.25) is 0 Å². The standard InChI is InChI=1S/C16H17FN2O3S/c1-2-19(9-16(21)22)15(20)8-13-10-23-14(18-13)7-11-3-5-12(17)6-4-11/h3-6,10H,2,7-9H2,1H3,(H,21,22). The average molecular weight is 336 g/mol. The molecule has 5 nitrogen and oxygen atoms in total. The Kier molecular flexibility index (Phi) is 5.81. The van der Waals surface area contributed by atoms with E-state index in [0.717, 1.165) is 10.6 Å². The van der Waals surface area contributed by atoms with E-state index in [-0.39, 0.29) is 24.7 Å². The van der Waals surface area contributed by atoms with Crippen LogP contribution in [0.4, 0.5) is 4.39 Å². The van der Waals surface area contributed by atoms with E-state index in [1.807, 2.05) is 0 Å². The van der Waals surface area contributed by atoms with Crippen LogP contribution in [-0.4, -0.2) is 40.0 Å². The van der Waals surface area contributed by atoms with E-state index in [4.69, 9.17) is 5.11 Å². The minimum Gasteiger partial charge on any atom is -0.480 e. The van der Waals surface area contributed by atoms with Gasteiger partial charge in [0.05, 0.1) is 17.1 Å². The van der Waals surface area contributed by atoms with Crippen LogP contribution >= 0.6 is 11.3 Å². The second kappa shape index (κ2) is 7.82. The Bertz CT molecular complexity index is 685. The summed E-state index contributed by atoms with van der Waals surface area (Å²) in [6.07, 6.45) is 0.660. The summed E-state index contributed by atoms with van der Waals surface area (Å²) >= 11 is 1.43. The van der Waals surface area contributed by atoms with Crippen molar-refractivity contribution in [3.63, 3.8) is 0 Å². The molecule has 0 aliphatic rings. The van der Waals surface area contributed by atoms with E-state index in [2.05, 4.69) is 4.98 Å². The maximum absolute atomic E-state index is 12.9. The summed E-state index contributed by atoms with van der Waals surface area (Å²) in [5, 5.41) is 11.4. The normalized spacial score (nSPS) is 10.5. The maximum Gasteiger partial charge on any atom is 0.323 e. The van der Waals surface area contributed by atoms with Gasteiger partial charge >= 0.3 is 5.97 Å². The number of halogens is 1. The van der Waals surface area contributed by atoms with Crippen molar-refractivity contribution in [2.75, 3.05) is 13.1 Å². The number of carbonyl (C=O) groups is 2. The molecule has 1 aromatic heterocycles. The van der Waals surface area contributed by atoms with Crippen molar-refractivity contribution in [1.82, 2.24) is 9.88 Å². The molecule has 0 spiro atoms. The number of hydrogen-bond donors (Lipinski definition) is 1. The van der Waals surface area contributed by atoms with Gasteiger partial charge in [-0.15, -0.1) is 11.3 Å². The molecule has 23 heavy (non-hydrogen) atoms. The average Bonchev–Trinajstić information content (AvgIpc) is 2.94. The third-order valence-corrected chi connectivity index (χ3v) is 4.16. The summed E-state index contributed by atoms with van der Waals surface area (Å²) in [6.45, 7) is 1.78. The van der Waals surface area contributed by atoms with Gasteiger partial charge in [-0.25, -0.2) is 9.37 Å². The van der Waals surface area contributed by atoms with Gasteiger partial charge < -0.3 is 10.0 Å². The quantitative estimate of drug-likeness (QED) is 0.842. The molecule has 122 valence electrons. The van der Waals surface area contributed by atoms with Gasteiger partial charge in [-0.2, -0.15) is 0 Å². The minimum absolute atomic E-state index is 0.0844. The maximum atomic E-state index is 12.9. The number of aliphatic carboxylic acids is 1. The summed E-state index contributed by atoms with van der Waals surface area (Å²) in [5.74, 6) is -1.57. The molecule has 0 saturated carbocycles. The van der Waals surface area contributed by atoms with Gasteiger partial charge in [0.25, 0.3) is 0 Å². The Labute approximate surface area is 137 Å². The van der Waals surface area contributed by atoms with Crippen molar-refractivity contribution in [2.45, 2.75) is 19.8 Å². The summed E-state index contributed by atoms with van der Waals surface area (Å²) in [4.78, 5) is 28.5. The second-order valence-corrected chi connectivity index (χ2v) is 5.96. The van der Waals surface area contributed by atoms with Crippen molar-refractivity contribution in [1.29, 1.82) is 0 Å². The first-order chi connectivity index (χ1) is 11.0. The molecule has 1 aromatic carbocycles. The second-order valence-electron chi connectivity index (χ2n) is 5.01. The number of amides is 1. The van der Waals surface area contributed by atoms with E-state index in [0.29, 0.717) is 18.7 Å². The number of carboxylic acids is 1. The summed E-state index contributed by atoms with van der Waals surface area (Å²) < 4.78 is 12.9. The van der Waals surface area contributed by atoms with E-state index >= 15 is 0 Å². The highest BCUT2D eigenvalue weighted by atomic mass is 32.1. The number of carboxylic acid groups (broad SMARTS) is 1. The SMILES string of the molecule is CCN(CC(=O)O)C(=O)Cc1csc(Cc2ccc(F)cc2)n1. The first-order valence-corrected chi connectivity index (χ1v) is 8.03. The molecule has 0 aliphatic carbocycles. The largest absolute Gasteiger partial charge is 0.480 e. The van der Waals surface area contributed by atoms with E-state index in [1.54, 1.807) is 24.4 Å². The zero-order valence-electron chi connectivity index (χ0n) is 12.7. The number of benzene rings is 1. The predicted octanol–water partition coefficient (Wildman–Crippen LogP) is 2.35. The highest BCUT2D eigenvalue weighted by Gasteiger charge is 2.16. The Morgan fingerprint density at radius 3 is 2.61 bits per heavy atom. The van der Waals surface area contributed by atoms with Crippen LogP contribution in [0.5, 0.6) is 0 Å². The van der Waals surface area contributed by atoms with Crippen molar-refractivity contribution in [3.05, 3.63) is 51.7 Å². The number of likely N-dealkylation sites (N-methyl/N-ethyl adjacent to an activating group) is 1. The minimum atomic E-state index is -1.03. The fraction of sp³-hybridized carbons (Fsp3) is 0.312. The Hall–Kier alpha value is -2.28. The molecule has 2 aromatic rings. The van der Waals surface area contributed by atoms with Crippen molar-refractivity contribution < 1.29 is 19.1 Å². The molecule has 0 saturated heterocycles. The van der Waals surface area contributed by atoms with Gasteiger partial charge in [0.15, 0.2) is 0 Å². The van der Waals surface area contributed by atoms with Crippen molar-refractivity contribution >= 4 is 23.2 Å². The van der Waals surface area contributed by atoms with Crippen LogP contribution in [0, 0.1) is 5.82 Å². The van der Waals surface area contributed by atoms with Crippen LogP contribution in [-0.2, 0) is 22.4 Å². The van der Waals surface area contributed by atoms with E-state index < -0.39 is 5.97 Å². The highest BCUT2D eigenvalue weighted by Crippen LogP contribution is 2.16. The molecule has 0 unspecified atom stereocenters. The van der Waals surface area contributed by atoms with Crippen molar-refractivity contribution in [2.24, 2.45) is 0 Å². The zero-order chi connectivity index (χ0) is 16.8. The molecule has 1 heterocycles. The lowest BCUT2D eigenvalue weighted by Gasteiger charge is -2.17. The zero-order valence-corrected chi connectivity index (χ0v) is 13.5. The van der Waals surface area contributed by atoms with E-state index in [9.17, 15) is 14.0 Å². The summed E-state index contributed by atoms with van der Waals surface area (Å²) in [5.41, 5.74) is 1.57. The number of nitrogens with zero attached hydrogens (tertiary/aromatic N) is 2. The number of rotatable bonds is 7. The van der Waals surface area contributed by atoms with Crippen molar-refractivity contribution in [3.8, 4) is 0 Å². The van der Waals surface area contributed by atoms with Gasteiger partial charge in [0.1, 0.15) is 12.4 Å². The lowest BCUT2D eigenvalue weighted by molar-refractivity contribution is -0.144. The molecule has 1 N–H and O–H groups in total. The lowest BCUT2D eigenvalue weighted by Crippen LogP contribution is -2.36. The van der Waals surface area contributed by atoms with Gasteiger partial charge in [-0.1, -0.05) is 12.1 Å². The molecule has 2 rings (SSSR count). The van der Waals surface area contributed by atoms with Gasteiger partial charge in [0, 0.05) is 18.3 Å². The summed E-state index contributed by atoms with van der Waals surface area (Å²) in [6, 6.07) is 6.21. The van der Waals surface area contributed by atoms with Gasteiger partial charge in [-0.3, -0.25) is 9.59 Å². The number of carbonyl (C=O) groups excluding carboxylic acids is 1. The van der Waals surface area contributed by atoms with Crippen LogP contribution in [0.15, 0.2) is 29.6 Å². The lowest BCUT2D eigenvalue weighted by atomic mass is 10.1. The molecule has 1 amide bonds. The Balaban J connectivity index is 1.97. The molecule has 0 bridgehead atoms. The highest BCUT2D eigenvalue weighted by molar-refractivity contribution is 7.09. The molecular weight excluding hydrogens is 319 g/mol. The molecule has 7 heteroatoms. The van der Waals surface area contributed by atoms with Crippen LogP contribution in [0.1, 0.15) is 23.2 Å². The molecule has 0 fully saturated rings. The predicted molar refractivity (Wildman–Crippen MR) is 84.9 cm³/mol. The number of aromatic nitrogens is 1. The first kappa shape index (κ1) is 17.1. The van der Waals surface area contributed by atoms with Gasteiger partial charge in [0.2, 0.25) is 5.91 Å². The van der Waals surface area contributed by atoms with Crippen LogP contribution in [0.25, 0.3) is 0 Å². The fourth-order valence-electron chi connectivity index (χ4n) is 2.09. The van der Waals surface area contributed by atoms with Crippen LogP contribution in [0.3, 0.4) is 0 Å². The third kappa shape index (κ3) is 5.14. The smallest absolute Gasteiger partial charge is 0.323 e. The number of thiazole rings is 1. The topological polar surface area (TPSA) is 70.5 Å². The molecule has 0 atom stereocenters. The van der Waals surface area contributed by atoms with Crippen LogP contribution < -0.4 is 0 Å². The molecular formula is C16H17FN2O3S. The fourth-order valence-corrected chi connectivity index (χ4v) is 2.92. The first-order valence-electron chi connectivity index (χ1n) is 7.15. The monoisotopic (exact) mass is 336 g/mol. The van der Waals surface area contributed by atoms with E-state index in [1.165, 1.54) is 28.4 Å². The molecule has 0 aliphatic heterocycles. The number of hydrogen-bond acceptors (Lipinski definition) is 4. The third-order valence-electron chi connectivity index (χ3n) is 3.26. The Morgan fingerprint density at radius 2 is 2.00 bits per heavy atom. The van der Waals surface area contributed by atoms with Gasteiger partial charge in [-0.05, 0) is 24.6 Å². The molecule has 0 radical (unpaired) electrons.